The van der Waals surface area contributed by atoms with Crippen LogP contribution in [-0.2, 0) is 14.6 Å². The summed E-state index contributed by atoms with van der Waals surface area (Å²) in [6.45, 7) is 1.79. The number of carbonyl (C=O) groups is 1. The molecule has 0 fully saturated rings. The van der Waals surface area contributed by atoms with Gasteiger partial charge in [-0.15, -0.1) is 0 Å². The van der Waals surface area contributed by atoms with Gasteiger partial charge in [-0.2, -0.15) is 0 Å². The van der Waals surface area contributed by atoms with Gasteiger partial charge in [0.1, 0.15) is 0 Å². The summed E-state index contributed by atoms with van der Waals surface area (Å²) in [7, 11) is -3.25. The van der Waals surface area contributed by atoms with Gasteiger partial charge < -0.3 is 5.32 Å². The Labute approximate surface area is 109 Å². The molecule has 6 heteroatoms. The predicted octanol–water partition coefficient (Wildman–Crippen LogP) is 1.75. The van der Waals surface area contributed by atoms with Crippen LogP contribution in [0.5, 0.6) is 0 Å². The van der Waals surface area contributed by atoms with E-state index in [2.05, 4.69) is 21.2 Å². The molecule has 17 heavy (non-hydrogen) atoms. The SMILES string of the molecule is CC(=O)NCCCS(=O)(=O)c1ccc(Br)cc1. The Kier molecular flexibility index (Phi) is 5.14. The molecule has 0 atom stereocenters. The van der Waals surface area contributed by atoms with E-state index < -0.39 is 9.84 Å². The zero-order valence-electron chi connectivity index (χ0n) is 9.44. The Bertz CT molecular complexity index is 482. The zero-order chi connectivity index (χ0) is 12.9. The summed E-state index contributed by atoms with van der Waals surface area (Å²) < 4.78 is 24.6. The van der Waals surface area contributed by atoms with E-state index in [0.29, 0.717) is 17.9 Å². The molecule has 0 heterocycles. The molecule has 0 radical (unpaired) electrons. The smallest absolute Gasteiger partial charge is 0.216 e. The van der Waals surface area contributed by atoms with Gasteiger partial charge in [-0.1, -0.05) is 15.9 Å². The van der Waals surface area contributed by atoms with Crippen LogP contribution in [0.25, 0.3) is 0 Å². The molecule has 1 rings (SSSR count). The first-order chi connectivity index (χ1) is 7.92. The van der Waals surface area contributed by atoms with Crippen molar-refractivity contribution in [2.24, 2.45) is 0 Å². The topological polar surface area (TPSA) is 63.2 Å². The van der Waals surface area contributed by atoms with Crippen LogP contribution in [0.3, 0.4) is 0 Å². The Morgan fingerprint density at radius 2 is 1.88 bits per heavy atom. The van der Waals surface area contributed by atoms with E-state index in [0.717, 1.165) is 4.47 Å². The Hall–Kier alpha value is -0.880. The maximum absolute atomic E-state index is 11.9. The van der Waals surface area contributed by atoms with E-state index in [9.17, 15) is 13.2 Å². The lowest BCUT2D eigenvalue weighted by Crippen LogP contribution is -2.23. The lowest BCUT2D eigenvalue weighted by molar-refractivity contribution is -0.118. The summed E-state index contributed by atoms with van der Waals surface area (Å²) in [5.41, 5.74) is 0. The number of carbonyl (C=O) groups excluding carboxylic acids is 1. The molecule has 0 aliphatic carbocycles. The summed E-state index contributed by atoms with van der Waals surface area (Å²) >= 11 is 3.25. The Morgan fingerprint density at radius 3 is 2.41 bits per heavy atom. The second kappa shape index (κ2) is 6.16. The van der Waals surface area contributed by atoms with Gasteiger partial charge in [-0.25, -0.2) is 8.42 Å². The minimum atomic E-state index is -3.25. The molecule has 0 spiro atoms. The van der Waals surface area contributed by atoms with Crippen LogP contribution < -0.4 is 5.32 Å². The van der Waals surface area contributed by atoms with Gasteiger partial charge in [0.05, 0.1) is 10.6 Å². The number of sulfone groups is 1. The van der Waals surface area contributed by atoms with E-state index in [1.165, 1.54) is 6.92 Å². The van der Waals surface area contributed by atoms with Crippen molar-refractivity contribution < 1.29 is 13.2 Å². The van der Waals surface area contributed by atoms with Gasteiger partial charge in [0, 0.05) is 17.9 Å². The van der Waals surface area contributed by atoms with E-state index in [1.807, 2.05) is 0 Å². The minimum Gasteiger partial charge on any atom is -0.356 e. The lowest BCUT2D eigenvalue weighted by atomic mass is 10.4. The second-order valence-corrected chi connectivity index (χ2v) is 6.63. The third-order valence-corrected chi connectivity index (χ3v) is 4.48. The minimum absolute atomic E-state index is 0.0366. The van der Waals surface area contributed by atoms with E-state index in [-0.39, 0.29) is 11.7 Å². The number of amides is 1. The fourth-order valence-electron chi connectivity index (χ4n) is 1.29. The van der Waals surface area contributed by atoms with Crippen molar-refractivity contribution in [3.05, 3.63) is 28.7 Å². The fourth-order valence-corrected chi connectivity index (χ4v) is 2.86. The van der Waals surface area contributed by atoms with Gasteiger partial charge in [-0.05, 0) is 30.7 Å². The highest BCUT2D eigenvalue weighted by molar-refractivity contribution is 9.10. The van der Waals surface area contributed by atoms with Crippen LogP contribution in [0.2, 0.25) is 0 Å². The summed E-state index contributed by atoms with van der Waals surface area (Å²) in [4.78, 5) is 10.9. The molecule has 1 amide bonds. The molecule has 0 aliphatic heterocycles. The van der Waals surface area contributed by atoms with Crippen LogP contribution in [0.4, 0.5) is 0 Å². The highest BCUT2D eigenvalue weighted by Crippen LogP contribution is 2.16. The van der Waals surface area contributed by atoms with Crippen molar-refractivity contribution >= 4 is 31.7 Å². The van der Waals surface area contributed by atoms with Gasteiger partial charge in [0.25, 0.3) is 0 Å². The highest BCUT2D eigenvalue weighted by Gasteiger charge is 2.13. The van der Waals surface area contributed by atoms with Crippen LogP contribution in [0.15, 0.2) is 33.6 Å². The quantitative estimate of drug-likeness (QED) is 0.841. The number of hydrogen-bond donors (Lipinski definition) is 1. The Balaban J connectivity index is 2.57. The van der Waals surface area contributed by atoms with Crippen LogP contribution in [0.1, 0.15) is 13.3 Å². The highest BCUT2D eigenvalue weighted by atomic mass is 79.9. The molecule has 1 aromatic rings. The molecule has 0 unspecified atom stereocenters. The average Bonchev–Trinajstić information content (AvgIpc) is 2.25. The predicted molar refractivity (Wildman–Crippen MR) is 69.5 cm³/mol. The molecule has 0 saturated heterocycles. The number of benzene rings is 1. The van der Waals surface area contributed by atoms with Crippen LogP contribution in [-0.4, -0.2) is 26.6 Å². The molecule has 0 saturated carbocycles. The monoisotopic (exact) mass is 319 g/mol. The summed E-state index contributed by atoms with van der Waals surface area (Å²) in [6.07, 6.45) is 0.415. The van der Waals surface area contributed by atoms with E-state index in [1.54, 1.807) is 24.3 Å². The van der Waals surface area contributed by atoms with Crippen molar-refractivity contribution in [3.8, 4) is 0 Å². The summed E-state index contributed by atoms with van der Waals surface area (Å²) in [5.74, 6) is -0.111. The van der Waals surface area contributed by atoms with Crippen LogP contribution >= 0.6 is 15.9 Å². The van der Waals surface area contributed by atoms with Gasteiger partial charge in [0.15, 0.2) is 9.84 Å². The molecule has 4 nitrogen and oxygen atoms in total. The molecule has 94 valence electrons. The van der Waals surface area contributed by atoms with Crippen molar-refractivity contribution in [1.82, 2.24) is 5.32 Å². The van der Waals surface area contributed by atoms with Crippen molar-refractivity contribution in [2.75, 3.05) is 12.3 Å². The van der Waals surface area contributed by atoms with Gasteiger partial charge in [0.2, 0.25) is 5.91 Å². The molecule has 1 aromatic carbocycles. The van der Waals surface area contributed by atoms with Gasteiger partial charge >= 0.3 is 0 Å². The number of halogens is 1. The fraction of sp³-hybridized carbons (Fsp3) is 0.364. The molecule has 0 bridgehead atoms. The molecule has 0 aromatic heterocycles. The average molecular weight is 320 g/mol. The summed E-state index contributed by atoms with van der Waals surface area (Å²) in [6, 6.07) is 6.52. The lowest BCUT2D eigenvalue weighted by Gasteiger charge is -2.05. The maximum atomic E-state index is 11.9. The van der Waals surface area contributed by atoms with Crippen molar-refractivity contribution in [1.29, 1.82) is 0 Å². The third-order valence-electron chi connectivity index (χ3n) is 2.14. The standard InChI is InChI=1S/C11H14BrNO3S/c1-9(14)13-7-2-8-17(15,16)11-5-3-10(12)4-6-11/h3-6H,2,7-8H2,1H3,(H,13,14). The van der Waals surface area contributed by atoms with Crippen molar-refractivity contribution in [3.63, 3.8) is 0 Å². The Morgan fingerprint density at radius 1 is 1.29 bits per heavy atom. The van der Waals surface area contributed by atoms with Gasteiger partial charge in [-0.3, -0.25) is 4.79 Å². The molecular weight excluding hydrogens is 306 g/mol. The summed E-state index contributed by atoms with van der Waals surface area (Å²) in [5, 5.41) is 2.57. The van der Waals surface area contributed by atoms with Crippen LogP contribution in [0, 0.1) is 0 Å². The third kappa shape index (κ3) is 4.87. The van der Waals surface area contributed by atoms with E-state index >= 15 is 0 Å². The number of hydrogen-bond acceptors (Lipinski definition) is 3. The van der Waals surface area contributed by atoms with Crippen molar-refractivity contribution in [2.45, 2.75) is 18.2 Å². The first-order valence-corrected chi connectivity index (χ1v) is 7.59. The first kappa shape index (κ1) is 14.2. The van der Waals surface area contributed by atoms with E-state index in [4.69, 9.17) is 0 Å². The normalized spacial score (nSPS) is 11.2. The first-order valence-electron chi connectivity index (χ1n) is 5.14. The zero-order valence-corrected chi connectivity index (χ0v) is 11.8. The largest absolute Gasteiger partial charge is 0.356 e. The number of nitrogens with one attached hydrogen (secondary N) is 1. The molecule has 0 aliphatic rings. The maximum Gasteiger partial charge on any atom is 0.216 e. The second-order valence-electron chi connectivity index (χ2n) is 3.61. The molecule has 1 N–H and O–H groups in total. The number of rotatable bonds is 5. The molecular formula is C11H14BrNO3S.